The summed E-state index contributed by atoms with van der Waals surface area (Å²) in [5.74, 6) is 0.695. The third-order valence-electron chi connectivity index (χ3n) is 3.93. The Morgan fingerprint density at radius 1 is 1.37 bits per heavy atom. The molecular weight excluding hydrogens is 240 g/mol. The summed E-state index contributed by atoms with van der Waals surface area (Å²) < 4.78 is 19.5. The van der Waals surface area contributed by atoms with Gasteiger partial charge < -0.3 is 10.5 Å². The van der Waals surface area contributed by atoms with E-state index in [-0.39, 0.29) is 17.7 Å². The van der Waals surface area contributed by atoms with Gasteiger partial charge >= 0.3 is 0 Å². The molecule has 0 heterocycles. The van der Waals surface area contributed by atoms with E-state index in [1.54, 1.807) is 12.1 Å². The van der Waals surface area contributed by atoms with E-state index in [4.69, 9.17) is 18.3 Å². The van der Waals surface area contributed by atoms with Gasteiger partial charge in [-0.15, -0.1) is 0 Å². The van der Waals surface area contributed by atoms with E-state index in [2.05, 4.69) is 6.92 Å². The lowest BCUT2D eigenvalue weighted by Gasteiger charge is -2.19. The summed E-state index contributed by atoms with van der Waals surface area (Å²) in [5, 5.41) is 0. The summed E-state index contributed by atoms with van der Waals surface area (Å²) in [6.07, 6.45) is 5.03. The highest BCUT2D eigenvalue weighted by Gasteiger charge is 2.24. The van der Waals surface area contributed by atoms with E-state index in [9.17, 15) is 4.39 Å². The van der Waals surface area contributed by atoms with Crippen molar-refractivity contribution in [1.82, 2.24) is 0 Å². The zero-order chi connectivity index (χ0) is 13.8. The lowest BCUT2D eigenvalue weighted by molar-refractivity contribution is 0.174. The van der Waals surface area contributed by atoms with Crippen LogP contribution in [-0.2, 0) is 0 Å². The molecule has 0 bridgehead atoms. The zero-order valence-corrected chi connectivity index (χ0v) is 11.4. The van der Waals surface area contributed by atoms with E-state index in [0.29, 0.717) is 11.6 Å². The third-order valence-corrected chi connectivity index (χ3v) is 3.93. The SMILES string of the molecule is [B]C1CC(CC)CCC(Oc2ccc(N)cc2F)C1. The largest absolute Gasteiger partial charge is 0.487 e. The molecule has 1 fully saturated rings. The highest BCUT2D eigenvalue weighted by atomic mass is 19.1. The van der Waals surface area contributed by atoms with Crippen molar-refractivity contribution in [2.75, 3.05) is 5.73 Å². The van der Waals surface area contributed by atoms with Gasteiger partial charge in [-0.05, 0) is 37.3 Å². The molecular formula is C15H21BFNO. The molecule has 0 saturated heterocycles. The molecule has 0 aromatic heterocycles. The lowest BCUT2D eigenvalue weighted by Crippen LogP contribution is -2.17. The number of halogens is 1. The Bertz CT molecular complexity index is 427. The second kappa shape index (κ2) is 6.31. The smallest absolute Gasteiger partial charge is 0.167 e. The van der Waals surface area contributed by atoms with Gasteiger partial charge in [0.15, 0.2) is 11.6 Å². The van der Waals surface area contributed by atoms with Gasteiger partial charge in [-0.1, -0.05) is 25.6 Å². The van der Waals surface area contributed by atoms with Crippen molar-refractivity contribution < 1.29 is 9.13 Å². The number of anilines is 1. The van der Waals surface area contributed by atoms with Crippen LogP contribution in [0.3, 0.4) is 0 Å². The Morgan fingerprint density at radius 3 is 2.84 bits per heavy atom. The van der Waals surface area contributed by atoms with Crippen molar-refractivity contribution in [3.63, 3.8) is 0 Å². The van der Waals surface area contributed by atoms with Crippen LogP contribution in [0.1, 0.15) is 39.0 Å². The predicted octanol–water partition coefficient (Wildman–Crippen LogP) is 3.71. The van der Waals surface area contributed by atoms with Crippen LogP contribution >= 0.6 is 0 Å². The van der Waals surface area contributed by atoms with Gasteiger partial charge in [0.2, 0.25) is 0 Å². The molecule has 0 aliphatic heterocycles. The van der Waals surface area contributed by atoms with E-state index >= 15 is 0 Å². The van der Waals surface area contributed by atoms with Gasteiger partial charge in [0.1, 0.15) is 0 Å². The van der Waals surface area contributed by atoms with Crippen molar-refractivity contribution in [2.24, 2.45) is 5.92 Å². The quantitative estimate of drug-likeness (QED) is 0.511. The first-order valence-corrected chi connectivity index (χ1v) is 7.05. The molecule has 3 unspecified atom stereocenters. The van der Waals surface area contributed by atoms with Crippen LogP contribution in [0.2, 0.25) is 5.82 Å². The van der Waals surface area contributed by atoms with Crippen LogP contribution in [0.15, 0.2) is 18.2 Å². The minimum Gasteiger partial charge on any atom is -0.487 e. The monoisotopic (exact) mass is 261 g/mol. The maximum Gasteiger partial charge on any atom is 0.167 e. The van der Waals surface area contributed by atoms with E-state index in [1.165, 1.54) is 6.07 Å². The summed E-state index contributed by atoms with van der Waals surface area (Å²) in [4.78, 5) is 0. The fourth-order valence-corrected chi connectivity index (χ4v) is 2.79. The Balaban J connectivity index is 2.02. The Kier molecular flexibility index (Phi) is 4.73. The number of benzene rings is 1. The highest BCUT2D eigenvalue weighted by molar-refractivity contribution is 6.11. The number of nitrogens with two attached hydrogens (primary N) is 1. The van der Waals surface area contributed by atoms with E-state index in [1.807, 2.05) is 0 Å². The zero-order valence-electron chi connectivity index (χ0n) is 11.4. The molecule has 1 aromatic carbocycles. The van der Waals surface area contributed by atoms with Gasteiger partial charge in [0.25, 0.3) is 0 Å². The summed E-state index contributed by atoms with van der Waals surface area (Å²) >= 11 is 0. The molecule has 0 amide bonds. The summed E-state index contributed by atoms with van der Waals surface area (Å²) in [6.45, 7) is 2.19. The molecule has 2 radical (unpaired) electrons. The maximum absolute atomic E-state index is 13.7. The normalized spacial score (nSPS) is 27.8. The number of ether oxygens (including phenoxy) is 1. The predicted molar refractivity (Wildman–Crippen MR) is 77.0 cm³/mol. The fraction of sp³-hybridized carbons (Fsp3) is 0.600. The van der Waals surface area contributed by atoms with Crippen molar-refractivity contribution in [3.8, 4) is 5.75 Å². The number of nitrogen functional groups attached to an aromatic ring is 1. The molecule has 102 valence electrons. The Labute approximate surface area is 115 Å². The standard InChI is InChI=1S/C15H21BFNO/c1-2-10-3-5-13(8-11(16)7-10)19-15-6-4-12(18)9-14(15)17/h4,6,9-11,13H,2-3,5,7-8,18H2,1H3. The van der Waals surface area contributed by atoms with Crippen molar-refractivity contribution in [2.45, 2.75) is 50.9 Å². The molecule has 2 nitrogen and oxygen atoms in total. The molecule has 1 aromatic rings. The van der Waals surface area contributed by atoms with Crippen LogP contribution in [0.5, 0.6) is 5.75 Å². The van der Waals surface area contributed by atoms with Crippen LogP contribution in [0, 0.1) is 11.7 Å². The van der Waals surface area contributed by atoms with Crippen LogP contribution < -0.4 is 10.5 Å². The third kappa shape index (κ3) is 3.89. The summed E-state index contributed by atoms with van der Waals surface area (Å²) in [7, 11) is 6.11. The molecule has 19 heavy (non-hydrogen) atoms. The molecule has 3 atom stereocenters. The molecule has 1 aliphatic carbocycles. The van der Waals surface area contributed by atoms with E-state index < -0.39 is 5.82 Å². The number of hydrogen-bond donors (Lipinski definition) is 1. The van der Waals surface area contributed by atoms with Crippen LogP contribution in [0.4, 0.5) is 10.1 Å². The van der Waals surface area contributed by atoms with Gasteiger partial charge in [-0.3, -0.25) is 0 Å². The lowest BCUT2D eigenvalue weighted by atomic mass is 9.78. The fourth-order valence-electron chi connectivity index (χ4n) is 2.79. The number of rotatable bonds is 3. The van der Waals surface area contributed by atoms with Gasteiger partial charge in [0.05, 0.1) is 14.0 Å². The average Bonchev–Trinajstić information content (AvgIpc) is 2.54. The first-order valence-electron chi connectivity index (χ1n) is 7.05. The minimum absolute atomic E-state index is 0.00433. The Morgan fingerprint density at radius 2 is 2.16 bits per heavy atom. The second-order valence-electron chi connectivity index (χ2n) is 5.51. The van der Waals surface area contributed by atoms with Gasteiger partial charge in [0, 0.05) is 11.8 Å². The molecule has 4 heteroatoms. The minimum atomic E-state index is -0.398. The highest BCUT2D eigenvalue weighted by Crippen LogP contribution is 2.34. The van der Waals surface area contributed by atoms with Crippen LogP contribution in [-0.4, -0.2) is 14.0 Å². The van der Waals surface area contributed by atoms with Gasteiger partial charge in [-0.25, -0.2) is 4.39 Å². The molecule has 1 saturated carbocycles. The Hall–Kier alpha value is -1.19. The molecule has 0 spiro atoms. The van der Waals surface area contributed by atoms with Crippen molar-refractivity contribution in [3.05, 3.63) is 24.0 Å². The second-order valence-corrected chi connectivity index (χ2v) is 5.51. The molecule has 2 rings (SSSR count). The maximum atomic E-state index is 13.7. The van der Waals surface area contributed by atoms with Crippen LogP contribution in [0.25, 0.3) is 0 Å². The molecule has 2 N–H and O–H groups in total. The number of hydrogen-bond acceptors (Lipinski definition) is 2. The summed E-state index contributed by atoms with van der Waals surface area (Å²) in [5.41, 5.74) is 5.94. The molecule has 1 aliphatic rings. The van der Waals surface area contributed by atoms with E-state index in [0.717, 1.165) is 32.1 Å². The van der Waals surface area contributed by atoms with Crippen molar-refractivity contribution in [1.29, 1.82) is 0 Å². The average molecular weight is 261 g/mol. The van der Waals surface area contributed by atoms with Crippen molar-refractivity contribution >= 4 is 13.5 Å². The first-order chi connectivity index (χ1) is 9.08. The van der Waals surface area contributed by atoms with Gasteiger partial charge in [-0.2, -0.15) is 0 Å². The first kappa shape index (κ1) is 14.2. The summed E-state index contributed by atoms with van der Waals surface area (Å²) in [6, 6.07) is 4.54. The topological polar surface area (TPSA) is 35.2 Å².